The van der Waals surface area contributed by atoms with E-state index < -0.39 is 17.5 Å². The summed E-state index contributed by atoms with van der Waals surface area (Å²) in [6.45, 7) is 1.21. The van der Waals surface area contributed by atoms with Gasteiger partial charge in [0.2, 0.25) is 0 Å². The van der Waals surface area contributed by atoms with E-state index in [4.69, 9.17) is 22.1 Å². The van der Waals surface area contributed by atoms with E-state index in [1.807, 2.05) is 0 Å². The lowest BCUT2D eigenvalue weighted by atomic mass is 9.92. The molecule has 1 aromatic carbocycles. The number of halogens is 2. The third-order valence-corrected chi connectivity index (χ3v) is 4.01. The number of ether oxygens (including phenoxy) is 1. The smallest absolute Gasteiger partial charge is 0.145 e. The molecule has 5 nitrogen and oxygen atoms in total. The molecule has 2 aromatic rings. The molecule has 23 heavy (non-hydrogen) atoms. The molecule has 0 aliphatic carbocycles. The van der Waals surface area contributed by atoms with Crippen molar-refractivity contribution in [2.75, 3.05) is 13.7 Å². The summed E-state index contributed by atoms with van der Waals surface area (Å²) in [6.07, 6.45) is -1.13. The molecule has 0 amide bonds. The Bertz CT molecular complexity index is 712. The van der Waals surface area contributed by atoms with Crippen molar-refractivity contribution in [3.8, 4) is 17.0 Å². The SMILES string of the molecule is COc1ccc(C(O)(CN)C(C)O)nc1-c1ccc(F)c(Cl)c1. The molecule has 124 valence electrons. The summed E-state index contributed by atoms with van der Waals surface area (Å²) < 4.78 is 18.6. The van der Waals surface area contributed by atoms with Crippen molar-refractivity contribution in [1.29, 1.82) is 0 Å². The van der Waals surface area contributed by atoms with Gasteiger partial charge >= 0.3 is 0 Å². The highest BCUT2D eigenvalue weighted by Crippen LogP contribution is 2.33. The second-order valence-corrected chi connectivity index (χ2v) is 5.59. The highest BCUT2D eigenvalue weighted by molar-refractivity contribution is 6.31. The van der Waals surface area contributed by atoms with Gasteiger partial charge in [0.15, 0.2) is 0 Å². The Morgan fingerprint density at radius 1 is 1.39 bits per heavy atom. The van der Waals surface area contributed by atoms with Crippen molar-refractivity contribution in [3.63, 3.8) is 0 Å². The molecular formula is C16H18ClFN2O3. The highest BCUT2D eigenvalue weighted by Gasteiger charge is 2.35. The molecule has 1 heterocycles. The Morgan fingerprint density at radius 3 is 2.61 bits per heavy atom. The van der Waals surface area contributed by atoms with E-state index >= 15 is 0 Å². The first-order chi connectivity index (χ1) is 10.8. The standard InChI is InChI=1S/C16H18ClFN2O3/c1-9(21)16(22,8-19)14-6-5-13(23-2)15(20-14)10-3-4-12(18)11(17)7-10/h3-7,9,21-22H,8,19H2,1-2H3. The predicted octanol–water partition coefficient (Wildman–Crippen LogP) is 2.08. The molecule has 4 N–H and O–H groups in total. The van der Waals surface area contributed by atoms with Gasteiger partial charge in [-0.05, 0) is 37.3 Å². The number of nitrogens with zero attached hydrogens (tertiary/aromatic N) is 1. The summed E-state index contributed by atoms with van der Waals surface area (Å²) in [4.78, 5) is 4.35. The maximum absolute atomic E-state index is 13.4. The molecule has 0 radical (unpaired) electrons. The molecule has 0 aliphatic heterocycles. The fraction of sp³-hybridized carbons (Fsp3) is 0.312. The minimum atomic E-state index is -1.70. The number of rotatable bonds is 5. The van der Waals surface area contributed by atoms with E-state index in [1.54, 1.807) is 6.07 Å². The number of aromatic nitrogens is 1. The van der Waals surface area contributed by atoms with Gasteiger partial charge in [-0.3, -0.25) is 0 Å². The molecule has 0 saturated carbocycles. The monoisotopic (exact) mass is 340 g/mol. The molecule has 1 aromatic heterocycles. The Kier molecular flexibility index (Phi) is 5.21. The van der Waals surface area contributed by atoms with Crippen LogP contribution in [0.3, 0.4) is 0 Å². The van der Waals surface area contributed by atoms with Crippen LogP contribution in [0.1, 0.15) is 12.6 Å². The molecule has 2 unspecified atom stereocenters. The number of methoxy groups -OCH3 is 1. The molecule has 0 spiro atoms. The van der Waals surface area contributed by atoms with Gasteiger partial charge < -0.3 is 20.7 Å². The van der Waals surface area contributed by atoms with Crippen LogP contribution >= 0.6 is 11.6 Å². The molecule has 0 bridgehead atoms. The number of benzene rings is 1. The van der Waals surface area contributed by atoms with Gasteiger partial charge in [-0.2, -0.15) is 0 Å². The summed E-state index contributed by atoms with van der Waals surface area (Å²) >= 11 is 5.81. The van der Waals surface area contributed by atoms with E-state index in [1.165, 1.54) is 38.3 Å². The van der Waals surface area contributed by atoms with E-state index in [-0.39, 0.29) is 17.3 Å². The maximum atomic E-state index is 13.4. The van der Waals surface area contributed by atoms with Gasteiger partial charge in [-0.1, -0.05) is 11.6 Å². The molecule has 0 aliphatic rings. The van der Waals surface area contributed by atoms with Gasteiger partial charge in [-0.25, -0.2) is 9.37 Å². The van der Waals surface area contributed by atoms with Crippen LogP contribution in [0.15, 0.2) is 30.3 Å². The number of hydrogen-bond donors (Lipinski definition) is 3. The Hall–Kier alpha value is -1.73. The molecular weight excluding hydrogens is 323 g/mol. The second kappa shape index (κ2) is 6.80. The van der Waals surface area contributed by atoms with Crippen LogP contribution in [0.25, 0.3) is 11.3 Å². The topological polar surface area (TPSA) is 88.6 Å². The molecule has 2 rings (SSSR count). The lowest BCUT2D eigenvalue weighted by Gasteiger charge is -2.29. The van der Waals surface area contributed by atoms with E-state index in [9.17, 15) is 14.6 Å². The average molecular weight is 341 g/mol. The minimum Gasteiger partial charge on any atom is -0.494 e. The van der Waals surface area contributed by atoms with Gasteiger partial charge in [0.25, 0.3) is 0 Å². The van der Waals surface area contributed by atoms with Crippen molar-refractivity contribution in [2.24, 2.45) is 5.73 Å². The fourth-order valence-electron chi connectivity index (χ4n) is 2.19. The van der Waals surface area contributed by atoms with Gasteiger partial charge in [0, 0.05) is 12.1 Å². The zero-order chi connectivity index (χ0) is 17.2. The Labute approximate surface area is 138 Å². The first kappa shape index (κ1) is 17.6. The van der Waals surface area contributed by atoms with Crippen molar-refractivity contribution >= 4 is 11.6 Å². The minimum absolute atomic E-state index is 0.0543. The molecule has 2 atom stereocenters. The zero-order valence-corrected chi connectivity index (χ0v) is 13.5. The van der Waals surface area contributed by atoms with Crippen LogP contribution in [0.5, 0.6) is 5.75 Å². The van der Waals surface area contributed by atoms with Crippen LogP contribution in [0, 0.1) is 5.82 Å². The van der Waals surface area contributed by atoms with Crippen LogP contribution in [0.2, 0.25) is 5.02 Å². The average Bonchev–Trinajstić information content (AvgIpc) is 2.55. The van der Waals surface area contributed by atoms with Crippen molar-refractivity contribution in [3.05, 3.63) is 46.9 Å². The van der Waals surface area contributed by atoms with Crippen molar-refractivity contribution < 1.29 is 19.3 Å². The second-order valence-electron chi connectivity index (χ2n) is 5.18. The van der Waals surface area contributed by atoms with Gasteiger partial charge in [-0.15, -0.1) is 0 Å². The predicted molar refractivity (Wildman–Crippen MR) is 85.8 cm³/mol. The van der Waals surface area contributed by atoms with Gasteiger partial charge in [0.1, 0.15) is 22.9 Å². The number of pyridine rings is 1. The quantitative estimate of drug-likeness (QED) is 0.775. The van der Waals surface area contributed by atoms with Crippen LogP contribution in [-0.2, 0) is 5.60 Å². The fourth-order valence-corrected chi connectivity index (χ4v) is 2.37. The van der Waals surface area contributed by atoms with E-state index in [0.717, 1.165) is 0 Å². The number of hydrogen-bond acceptors (Lipinski definition) is 5. The van der Waals surface area contributed by atoms with Crippen LogP contribution in [0.4, 0.5) is 4.39 Å². The largest absolute Gasteiger partial charge is 0.494 e. The summed E-state index contributed by atoms with van der Waals surface area (Å²) in [5, 5.41) is 20.3. The third kappa shape index (κ3) is 3.30. The number of aliphatic hydroxyl groups is 2. The maximum Gasteiger partial charge on any atom is 0.145 e. The van der Waals surface area contributed by atoms with Crippen LogP contribution in [-0.4, -0.2) is 35.0 Å². The van der Waals surface area contributed by atoms with Crippen LogP contribution < -0.4 is 10.5 Å². The first-order valence-corrected chi connectivity index (χ1v) is 7.32. The number of nitrogens with two attached hydrogens (primary N) is 1. The summed E-state index contributed by atoms with van der Waals surface area (Å²) in [5.41, 5.74) is 4.95. The first-order valence-electron chi connectivity index (χ1n) is 6.95. The summed E-state index contributed by atoms with van der Waals surface area (Å²) in [5.74, 6) is -0.130. The zero-order valence-electron chi connectivity index (χ0n) is 12.8. The molecule has 0 saturated heterocycles. The Balaban J connectivity index is 2.62. The van der Waals surface area contributed by atoms with E-state index in [2.05, 4.69) is 4.98 Å². The normalized spacial score (nSPS) is 15.1. The third-order valence-electron chi connectivity index (χ3n) is 3.72. The molecule has 7 heteroatoms. The summed E-state index contributed by atoms with van der Waals surface area (Å²) in [7, 11) is 1.47. The summed E-state index contributed by atoms with van der Waals surface area (Å²) in [6, 6.07) is 7.25. The highest BCUT2D eigenvalue weighted by atomic mass is 35.5. The van der Waals surface area contributed by atoms with Gasteiger partial charge in [0.05, 0.1) is 23.9 Å². The molecule has 0 fully saturated rings. The Morgan fingerprint density at radius 2 is 2.09 bits per heavy atom. The van der Waals surface area contributed by atoms with Crippen molar-refractivity contribution in [1.82, 2.24) is 4.98 Å². The lowest BCUT2D eigenvalue weighted by Crippen LogP contribution is -2.45. The van der Waals surface area contributed by atoms with E-state index in [0.29, 0.717) is 17.0 Å². The lowest BCUT2D eigenvalue weighted by molar-refractivity contribution is -0.0671. The van der Waals surface area contributed by atoms with Crippen molar-refractivity contribution in [2.45, 2.75) is 18.6 Å². The number of aliphatic hydroxyl groups excluding tert-OH is 1.